The summed E-state index contributed by atoms with van der Waals surface area (Å²) in [6.07, 6.45) is 3.58. The lowest BCUT2D eigenvalue weighted by Crippen LogP contribution is -2.44. The summed E-state index contributed by atoms with van der Waals surface area (Å²) in [4.78, 5) is 14.1. The maximum absolute atomic E-state index is 12.3. The van der Waals surface area contributed by atoms with Crippen LogP contribution >= 0.6 is 0 Å². The fourth-order valence-corrected chi connectivity index (χ4v) is 2.14. The molecule has 0 aliphatic heterocycles. The topological polar surface area (TPSA) is 66.6 Å². The fraction of sp³-hybridized carbons (Fsp3) is 0.923. The SMILES string of the molecule is CCC(CC)N(CCO)C(=O)C(C)CCCN. The summed E-state index contributed by atoms with van der Waals surface area (Å²) in [6.45, 7) is 7.21. The third-order valence-corrected chi connectivity index (χ3v) is 3.27. The fourth-order valence-electron chi connectivity index (χ4n) is 2.14. The summed E-state index contributed by atoms with van der Waals surface area (Å²) in [5, 5.41) is 9.07. The van der Waals surface area contributed by atoms with Gasteiger partial charge in [-0.15, -0.1) is 0 Å². The number of rotatable bonds is 9. The maximum atomic E-state index is 12.3. The van der Waals surface area contributed by atoms with Crippen LogP contribution in [0.5, 0.6) is 0 Å². The highest BCUT2D eigenvalue weighted by Crippen LogP contribution is 2.15. The van der Waals surface area contributed by atoms with Gasteiger partial charge in [-0.1, -0.05) is 20.8 Å². The Morgan fingerprint density at radius 3 is 2.35 bits per heavy atom. The predicted octanol–water partition coefficient (Wildman–Crippen LogP) is 1.37. The van der Waals surface area contributed by atoms with E-state index in [2.05, 4.69) is 13.8 Å². The van der Waals surface area contributed by atoms with Crippen LogP contribution in [0.2, 0.25) is 0 Å². The highest BCUT2D eigenvalue weighted by Gasteiger charge is 2.24. The molecule has 0 aliphatic carbocycles. The van der Waals surface area contributed by atoms with Crippen molar-refractivity contribution in [2.45, 2.75) is 52.5 Å². The summed E-state index contributed by atoms with van der Waals surface area (Å²) in [7, 11) is 0. The van der Waals surface area contributed by atoms with Gasteiger partial charge >= 0.3 is 0 Å². The van der Waals surface area contributed by atoms with Crippen molar-refractivity contribution in [1.29, 1.82) is 0 Å². The zero-order chi connectivity index (χ0) is 13.3. The maximum Gasteiger partial charge on any atom is 0.225 e. The van der Waals surface area contributed by atoms with Crippen LogP contribution in [0, 0.1) is 5.92 Å². The van der Waals surface area contributed by atoms with E-state index in [4.69, 9.17) is 10.8 Å². The average Bonchev–Trinajstić information content (AvgIpc) is 2.35. The van der Waals surface area contributed by atoms with E-state index in [0.717, 1.165) is 25.7 Å². The largest absolute Gasteiger partial charge is 0.395 e. The molecule has 0 heterocycles. The number of amides is 1. The van der Waals surface area contributed by atoms with Gasteiger partial charge in [0.2, 0.25) is 5.91 Å². The summed E-state index contributed by atoms with van der Waals surface area (Å²) >= 11 is 0. The Labute approximate surface area is 105 Å². The van der Waals surface area contributed by atoms with Crippen LogP contribution in [0.15, 0.2) is 0 Å². The minimum Gasteiger partial charge on any atom is -0.395 e. The van der Waals surface area contributed by atoms with Crippen molar-refractivity contribution in [3.05, 3.63) is 0 Å². The molecule has 0 bridgehead atoms. The molecule has 4 heteroatoms. The van der Waals surface area contributed by atoms with E-state index in [1.54, 1.807) is 0 Å². The van der Waals surface area contributed by atoms with Crippen molar-refractivity contribution in [3.8, 4) is 0 Å². The van der Waals surface area contributed by atoms with Gasteiger partial charge in [0.1, 0.15) is 0 Å². The van der Waals surface area contributed by atoms with Crippen LogP contribution in [0.1, 0.15) is 46.5 Å². The van der Waals surface area contributed by atoms with E-state index in [1.807, 2.05) is 11.8 Å². The van der Waals surface area contributed by atoms with Gasteiger partial charge in [-0.25, -0.2) is 0 Å². The van der Waals surface area contributed by atoms with E-state index in [-0.39, 0.29) is 24.5 Å². The van der Waals surface area contributed by atoms with E-state index in [1.165, 1.54) is 0 Å². The third kappa shape index (κ3) is 5.50. The quantitative estimate of drug-likeness (QED) is 0.644. The van der Waals surface area contributed by atoms with Gasteiger partial charge in [-0.05, 0) is 32.2 Å². The first-order valence-electron chi connectivity index (χ1n) is 6.73. The molecule has 4 nitrogen and oxygen atoms in total. The van der Waals surface area contributed by atoms with E-state index >= 15 is 0 Å². The molecule has 1 unspecified atom stereocenters. The molecule has 17 heavy (non-hydrogen) atoms. The lowest BCUT2D eigenvalue weighted by Gasteiger charge is -2.32. The molecule has 0 aromatic carbocycles. The first kappa shape index (κ1) is 16.4. The van der Waals surface area contributed by atoms with Crippen molar-refractivity contribution in [1.82, 2.24) is 4.90 Å². The molecule has 3 N–H and O–H groups in total. The second kappa shape index (κ2) is 9.42. The van der Waals surface area contributed by atoms with Gasteiger partial charge in [0.25, 0.3) is 0 Å². The van der Waals surface area contributed by atoms with Gasteiger partial charge in [-0.2, -0.15) is 0 Å². The zero-order valence-electron chi connectivity index (χ0n) is 11.5. The Kier molecular flexibility index (Phi) is 9.09. The van der Waals surface area contributed by atoms with E-state index in [0.29, 0.717) is 13.1 Å². The first-order chi connectivity index (χ1) is 8.12. The molecule has 0 spiro atoms. The number of carbonyl (C=O) groups excluding carboxylic acids is 1. The summed E-state index contributed by atoms with van der Waals surface area (Å²) < 4.78 is 0. The molecule has 0 saturated heterocycles. The Morgan fingerprint density at radius 1 is 1.35 bits per heavy atom. The van der Waals surface area contributed by atoms with Gasteiger partial charge in [0.15, 0.2) is 0 Å². The second-order valence-corrected chi connectivity index (χ2v) is 4.56. The summed E-state index contributed by atoms with van der Waals surface area (Å²) in [5.74, 6) is 0.159. The Hall–Kier alpha value is -0.610. The molecule has 102 valence electrons. The molecule has 0 aliphatic rings. The molecule has 0 fully saturated rings. The first-order valence-corrected chi connectivity index (χ1v) is 6.73. The van der Waals surface area contributed by atoms with Crippen LogP contribution in [-0.2, 0) is 4.79 Å². The molecule has 1 amide bonds. The number of nitrogens with two attached hydrogens (primary N) is 1. The average molecular weight is 244 g/mol. The number of hydrogen-bond donors (Lipinski definition) is 2. The molecule has 0 radical (unpaired) electrons. The minimum atomic E-state index is 0.00528. The smallest absolute Gasteiger partial charge is 0.225 e. The molecule has 0 rings (SSSR count). The summed E-state index contributed by atoms with van der Waals surface area (Å²) in [5.41, 5.74) is 5.46. The number of hydrogen-bond acceptors (Lipinski definition) is 3. The zero-order valence-corrected chi connectivity index (χ0v) is 11.5. The molecule has 0 aromatic heterocycles. The molecule has 1 atom stereocenters. The van der Waals surface area contributed by atoms with Crippen LogP contribution in [0.25, 0.3) is 0 Å². The van der Waals surface area contributed by atoms with Crippen molar-refractivity contribution < 1.29 is 9.90 Å². The summed E-state index contributed by atoms with van der Waals surface area (Å²) in [6, 6.07) is 0.245. The van der Waals surface area contributed by atoms with Crippen molar-refractivity contribution >= 4 is 5.91 Å². The molecule has 0 saturated carbocycles. The monoisotopic (exact) mass is 244 g/mol. The lowest BCUT2D eigenvalue weighted by molar-refractivity contribution is -0.138. The Balaban J connectivity index is 4.51. The van der Waals surface area contributed by atoms with Gasteiger partial charge in [-0.3, -0.25) is 4.79 Å². The van der Waals surface area contributed by atoms with Crippen molar-refractivity contribution in [2.24, 2.45) is 11.7 Å². The normalized spacial score (nSPS) is 12.8. The van der Waals surface area contributed by atoms with Crippen LogP contribution < -0.4 is 5.73 Å². The van der Waals surface area contributed by atoms with Gasteiger partial charge < -0.3 is 15.7 Å². The number of aliphatic hydroxyl groups excluding tert-OH is 1. The number of carbonyl (C=O) groups is 1. The van der Waals surface area contributed by atoms with Crippen LogP contribution in [0.3, 0.4) is 0 Å². The highest BCUT2D eigenvalue weighted by atomic mass is 16.3. The van der Waals surface area contributed by atoms with Crippen LogP contribution in [0.4, 0.5) is 0 Å². The van der Waals surface area contributed by atoms with Crippen LogP contribution in [-0.4, -0.2) is 41.7 Å². The molecular weight excluding hydrogens is 216 g/mol. The predicted molar refractivity (Wildman–Crippen MR) is 70.6 cm³/mol. The number of aliphatic hydroxyl groups is 1. The van der Waals surface area contributed by atoms with Crippen molar-refractivity contribution in [2.75, 3.05) is 19.7 Å². The van der Waals surface area contributed by atoms with Gasteiger partial charge in [0, 0.05) is 18.5 Å². The second-order valence-electron chi connectivity index (χ2n) is 4.56. The Bertz CT molecular complexity index is 206. The molecule has 0 aromatic rings. The van der Waals surface area contributed by atoms with Gasteiger partial charge in [0.05, 0.1) is 6.61 Å². The highest BCUT2D eigenvalue weighted by molar-refractivity contribution is 5.78. The minimum absolute atomic E-state index is 0.00528. The number of nitrogens with zero attached hydrogens (tertiary/aromatic N) is 1. The van der Waals surface area contributed by atoms with Crippen molar-refractivity contribution in [3.63, 3.8) is 0 Å². The molecular formula is C13H28N2O2. The Morgan fingerprint density at radius 2 is 1.94 bits per heavy atom. The standard InChI is InChI=1S/C13H28N2O2/c1-4-12(5-2)15(9-10-16)13(17)11(3)7-6-8-14/h11-12,16H,4-10,14H2,1-3H3. The van der Waals surface area contributed by atoms with E-state index in [9.17, 15) is 4.79 Å². The lowest BCUT2D eigenvalue weighted by atomic mass is 10.0. The third-order valence-electron chi connectivity index (χ3n) is 3.27. The van der Waals surface area contributed by atoms with E-state index < -0.39 is 0 Å².